The van der Waals surface area contributed by atoms with Gasteiger partial charge in [-0.3, -0.25) is 9.59 Å². The van der Waals surface area contributed by atoms with Crippen molar-refractivity contribution in [2.24, 2.45) is 0 Å². The molecule has 9 heteroatoms. The van der Waals surface area contributed by atoms with Crippen molar-refractivity contribution >= 4 is 28.2 Å². The number of carbonyl (C=O) groups is 1. The van der Waals surface area contributed by atoms with Gasteiger partial charge in [-0.25, -0.2) is 5.10 Å². The summed E-state index contributed by atoms with van der Waals surface area (Å²) < 4.78 is 0. The van der Waals surface area contributed by atoms with Gasteiger partial charge in [-0.05, 0) is 41.9 Å². The van der Waals surface area contributed by atoms with Gasteiger partial charge in [0.1, 0.15) is 0 Å². The number of amides is 1. The minimum atomic E-state index is -0.282. The van der Waals surface area contributed by atoms with E-state index in [1.54, 1.807) is 6.20 Å². The summed E-state index contributed by atoms with van der Waals surface area (Å²) >= 11 is 0.872. The predicted molar refractivity (Wildman–Crippen MR) is 105 cm³/mol. The fourth-order valence-electron chi connectivity index (χ4n) is 2.64. The van der Waals surface area contributed by atoms with Gasteiger partial charge in [0.05, 0.1) is 6.42 Å². The van der Waals surface area contributed by atoms with Crippen molar-refractivity contribution in [1.82, 2.24) is 20.4 Å². The maximum atomic E-state index is 11.5. The van der Waals surface area contributed by atoms with E-state index in [0.29, 0.717) is 5.13 Å². The zero-order chi connectivity index (χ0) is 18.9. The topological polar surface area (TPSA) is 104 Å². The van der Waals surface area contributed by atoms with Gasteiger partial charge >= 0.3 is 4.87 Å². The molecule has 0 bridgehead atoms. The molecule has 0 aliphatic carbocycles. The molecule has 0 unspecified atom stereocenters. The molecule has 1 aliphatic rings. The number of anilines is 2. The van der Waals surface area contributed by atoms with Gasteiger partial charge in [0.2, 0.25) is 11.0 Å². The number of H-pyrrole nitrogens is 1. The molecule has 1 fully saturated rings. The van der Waals surface area contributed by atoms with E-state index in [9.17, 15) is 9.59 Å². The molecule has 27 heavy (non-hydrogen) atoms. The highest BCUT2D eigenvalue weighted by molar-refractivity contribution is 7.13. The fraction of sp³-hybridized carbons (Fsp3) is 0.278. The van der Waals surface area contributed by atoms with E-state index in [4.69, 9.17) is 0 Å². The first-order chi connectivity index (χ1) is 13.2. The van der Waals surface area contributed by atoms with Crippen molar-refractivity contribution in [3.05, 3.63) is 63.9 Å². The second-order valence-corrected chi connectivity index (χ2v) is 6.87. The lowest BCUT2D eigenvalue weighted by Gasteiger charge is -2.14. The van der Waals surface area contributed by atoms with Crippen LogP contribution in [0.25, 0.3) is 0 Å². The van der Waals surface area contributed by atoms with Gasteiger partial charge in [0, 0.05) is 19.3 Å². The highest BCUT2D eigenvalue weighted by atomic mass is 32.1. The van der Waals surface area contributed by atoms with Crippen LogP contribution < -0.4 is 15.1 Å². The third kappa shape index (κ3) is 6.00. The molecule has 0 spiro atoms. The quantitative estimate of drug-likeness (QED) is 0.714. The molecule has 3 aromatic rings. The Labute approximate surface area is 160 Å². The first-order valence-electron chi connectivity index (χ1n) is 8.62. The number of carbonyl (C=O) groups excluding carboxylic acids is 1. The summed E-state index contributed by atoms with van der Waals surface area (Å²) in [4.78, 5) is 24.3. The average molecular weight is 384 g/mol. The second kappa shape index (κ2) is 9.58. The summed E-state index contributed by atoms with van der Waals surface area (Å²) in [5.41, 5.74) is 0.919. The fourth-order valence-corrected chi connectivity index (χ4v) is 3.16. The van der Waals surface area contributed by atoms with Crippen molar-refractivity contribution in [3.8, 4) is 0 Å². The molecule has 1 amide bonds. The third-order valence-corrected chi connectivity index (χ3v) is 4.54. The highest BCUT2D eigenvalue weighted by Gasteiger charge is 2.12. The van der Waals surface area contributed by atoms with Crippen LogP contribution in [0.3, 0.4) is 0 Å². The van der Waals surface area contributed by atoms with E-state index in [2.05, 4.69) is 30.6 Å². The number of aromatic nitrogens is 4. The second-order valence-electron chi connectivity index (χ2n) is 5.90. The summed E-state index contributed by atoms with van der Waals surface area (Å²) in [6, 6.07) is 13.3. The highest BCUT2D eigenvalue weighted by Crippen LogP contribution is 2.15. The molecule has 2 N–H and O–H groups in total. The van der Waals surface area contributed by atoms with Crippen LogP contribution in [0, 0.1) is 0 Å². The molecular weight excluding hydrogens is 364 g/mol. The molecule has 0 saturated carbocycles. The molecule has 2 aromatic heterocycles. The average Bonchev–Trinajstić information content (AvgIpc) is 3.36. The maximum absolute atomic E-state index is 11.5. The summed E-state index contributed by atoms with van der Waals surface area (Å²) in [6.45, 7) is 2.28. The number of aromatic amines is 1. The molecule has 8 nitrogen and oxygen atoms in total. The number of hydrogen-bond donors (Lipinski definition) is 2. The lowest BCUT2D eigenvalue weighted by Crippen LogP contribution is -2.18. The van der Waals surface area contributed by atoms with E-state index >= 15 is 0 Å². The van der Waals surface area contributed by atoms with Crippen LogP contribution in [0.15, 0.2) is 53.5 Å². The molecule has 0 radical (unpaired) electrons. The van der Waals surface area contributed by atoms with Crippen LogP contribution in [-0.4, -0.2) is 39.4 Å². The number of nitrogens with one attached hydrogen (secondary N) is 2. The Morgan fingerprint density at radius 1 is 1.15 bits per heavy atom. The molecule has 140 valence electrons. The monoisotopic (exact) mass is 384 g/mol. The molecule has 0 atom stereocenters. The summed E-state index contributed by atoms with van der Waals surface area (Å²) in [7, 11) is 0. The third-order valence-electron chi connectivity index (χ3n) is 3.88. The molecule has 4 rings (SSSR count). The van der Waals surface area contributed by atoms with Crippen LogP contribution in [0.1, 0.15) is 18.4 Å². The molecular formula is C18H20N6O2S. The summed E-state index contributed by atoms with van der Waals surface area (Å²) in [5, 5.41) is 16.6. The molecule has 1 aliphatic heterocycles. The van der Waals surface area contributed by atoms with Crippen molar-refractivity contribution in [2.75, 3.05) is 23.3 Å². The Bertz CT molecular complexity index is 891. The van der Waals surface area contributed by atoms with Crippen LogP contribution >= 0.6 is 11.3 Å². The Hall–Kier alpha value is -3.07. The lowest BCUT2D eigenvalue weighted by atomic mass is 10.1. The van der Waals surface area contributed by atoms with Gasteiger partial charge in [0.15, 0.2) is 5.82 Å². The van der Waals surface area contributed by atoms with Crippen molar-refractivity contribution in [3.63, 3.8) is 0 Å². The Balaban J connectivity index is 0.000000166. The number of rotatable bonds is 4. The SMILES string of the molecule is O=C(Cc1ccccc1)Nc1n[nH]c(=O)s1.c1cnnc(N2CCCC2)c1. The van der Waals surface area contributed by atoms with Crippen molar-refractivity contribution in [1.29, 1.82) is 0 Å². The van der Waals surface area contributed by atoms with E-state index in [1.165, 1.54) is 12.8 Å². The van der Waals surface area contributed by atoms with E-state index in [-0.39, 0.29) is 17.2 Å². The Morgan fingerprint density at radius 2 is 1.93 bits per heavy atom. The molecule has 1 saturated heterocycles. The standard InChI is InChI=1S/C10H9N3O2S.C8H11N3/c14-8(6-7-4-2-1-3-5-7)11-9-12-13-10(15)16-9;1-2-7-11(6-1)8-4-3-5-9-10-8/h1-5H,6H2,(H,13,15)(H,11,12,14);3-5H,1-2,6-7H2. The van der Waals surface area contributed by atoms with Gasteiger partial charge < -0.3 is 10.2 Å². The minimum absolute atomic E-state index is 0.186. The zero-order valence-corrected chi connectivity index (χ0v) is 15.5. The van der Waals surface area contributed by atoms with Crippen molar-refractivity contribution in [2.45, 2.75) is 19.3 Å². The van der Waals surface area contributed by atoms with Crippen molar-refractivity contribution < 1.29 is 4.79 Å². The number of benzene rings is 1. The Kier molecular flexibility index (Phi) is 6.64. The lowest BCUT2D eigenvalue weighted by molar-refractivity contribution is -0.115. The van der Waals surface area contributed by atoms with Gasteiger partial charge in [0.25, 0.3) is 0 Å². The first-order valence-corrected chi connectivity index (χ1v) is 9.44. The van der Waals surface area contributed by atoms with Gasteiger partial charge in [-0.15, -0.1) is 10.2 Å². The van der Waals surface area contributed by atoms with Gasteiger partial charge in [-0.1, -0.05) is 30.3 Å². The van der Waals surface area contributed by atoms with Crippen LogP contribution in [0.4, 0.5) is 10.9 Å². The Morgan fingerprint density at radius 3 is 2.56 bits per heavy atom. The number of nitrogens with zero attached hydrogens (tertiary/aromatic N) is 4. The van der Waals surface area contributed by atoms with E-state index in [1.807, 2.05) is 42.5 Å². The first kappa shape index (κ1) is 18.7. The zero-order valence-electron chi connectivity index (χ0n) is 14.7. The molecule has 3 heterocycles. The van der Waals surface area contributed by atoms with Crippen LogP contribution in [-0.2, 0) is 11.2 Å². The molecule has 1 aromatic carbocycles. The minimum Gasteiger partial charge on any atom is -0.355 e. The normalized spacial score (nSPS) is 13.0. The summed E-state index contributed by atoms with van der Waals surface area (Å²) in [6.07, 6.45) is 4.56. The van der Waals surface area contributed by atoms with Crippen LogP contribution in [0.5, 0.6) is 0 Å². The smallest absolute Gasteiger partial charge is 0.324 e. The predicted octanol–water partition coefficient (Wildman–Crippen LogP) is 2.09. The van der Waals surface area contributed by atoms with Gasteiger partial charge in [-0.2, -0.15) is 5.10 Å². The van der Waals surface area contributed by atoms with E-state index in [0.717, 1.165) is 35.8 Å². The largest absolute Gasteiger partial charge is 0.355 e. The van der Waals surface area contributed by atoms with Crippen LogP contribution in [0.2, 0.25) is 0 Å². The number of hydrogen-bond acceptors (Lipinski definition) is 7. The van der Waals surface area contributed by atoms with E-state index < -0.39 is 0 Å². The summed E-state index contributed by atoms with van der Waals surface area (Å²) in [5.74, 6) is 0.832. The maximum Gasteiger partial charge on any atom is 0.324 e.